The minimum atomic E-state index is -0.705. The fourth-order valence-corrected chi connectivity index (χ4v) is 2.39. The van der Waals surface area contributed by atoms with E-state index in [0.717, 1.165) is 31.2 Å². The Bertz CT molecular complexity index is 462. The first-order valence-electron chi connectivity index (χ1n) is 6.51. The molecule has 3 nitrogen and oxygen atoms in total. The zero-order valence-electron chi connectivity index (χ0n) is 10.7. The number of amides is 1. The Morgan fingerprint density at radius 2 is 1.95 bits per heavy atom. The van der Waals surface area contributed by atoms with Gasteiger partial charge in [0.25, 0.3) is 0 Å². The summed E-state index contributed by atoms with van der Waals surface area (Å²) in [5.74, 6) is -0.185. The average molecular weight is 280 g/mol. The Labute approximate surface area is 118 Å². The predicted molar refractivity (Wildman–Crippen MR) is 76.9 cm³/mol. The Balaban J connectivity index is 1.82. The van der Waals surface area contributed by atoms with Crippen LogP contribution in [0.2, 0.25) is 5.02 Å². The van der Waals surface area contributed by atoms with Crippen LogP contribution in [0, 0.1) is 0 Å². The molecule has 1 aromatic rings. The second kappa shape index (κ2) is 6.22. The maximum atomic E-state index is 11.6. The number of aliphatic hydroxyl groups is 1. The van der Waals surface area contributed by atoms with Gasteiger partial charge in [0.05, 0.1) is 5.60 Å². The molecule has 2 rings (SSSR count). The third-order valence-corrected chi connectivity index (χ3v) is 3.68. The standard InChI is InChI=1S/C15H18ClNO2/c16-13-6-3-12(4-7-13)5-8-14(18)17-11-15(19)9-1-2-10-15/h3-8,19H,1-2,9-11H2,(H,17,18). The first-order chi connectivity index (χ1) is 9.07. The van der Waals surface area contributed by atoms with E-state index in [2.05, 4.69) is 5.32 Å². The number of hydrogen-bond acceptors (Lipinski definition) is 2. The Kier molecular flexibility index (Phi) is 4.61. The molecule has 0 atom stereocenters. The summed E-state index contributed by atoms with van der Waals surface area (Å²) in [5.41, 5.74) is 0.211. The van der Waals surface area contributed by atoms with Crippen molar-refractivity contribution in [1.29, 1.82) is 0 Å². The largest absolute Gasteiger partial charge is 0.388 e. The van der Waals surface area contributed by atoms with Gasteiger partial charge in [-0.2, -0.15) is 0 Å². The van der Waals surface area contributed by atoms with Crippen LogP contribution in [0.15, 0.2) is 30.3 Å². The van der Waals surface area contributed by atoms with Gasteiger partial charge in [-0.3, -0.25) is 4.79 Å². The Hall–Kier alpha value is -1.32. The van der Waals surface area contributed by atoms with Gasteiger partial charge < -0.3 is 10.4 Å². The van der Waals surface area contributed by atoms with Gasteiger partial charge in [0.2, 0.25) is 5.91 Å². The van der Waals surface area contributed by atoms with E-state index < -0.39 is 5.60 Å². The van der Waals surface area contributed by atoms with Gasteiger partial charge in [0.1, 0.15) is 0 Å². The molecule has 1 aliphatic carbocycles. The SMILES string of the molecule is O=C(C=Cc1ccc(Cl)cc1)NCC1(O)CCCC1. The number of halogens is 1. The first-order valence-corrected chi connectivity index (χ1v) is 6.89. The lowest BCUT2D eigenvalue weighted by Gasteiger charge is -2.21. The minimum absolute atomic E-state index is 0.185. The lowest BCUT2D eigenvalue weighted by atomic mass is 10.0. The maximum absolute atomic E-state index is 11.6. The molecule has 1 saturated carbocycles. The van der Waals surface area contributed by atoms with Crippen LogP contribution in [0.25, 0.3) is 6.08 Å². The van der Waals surface area contributed by atoms with Gasteiger partial charge in [-0.1, -0.05) is 36.6 Å². The van der Waals surface area contributed by atoms with Gasteiger partial charge in [0, 0.05) is 17.6 Å². The van der Waals surface area contributed by atoms with Gasteiger partial charge in [-0.25, -0.2) is 0 Å². The van der Waals surface area contributed by atoms with Crippen LogP contribution in [0.1, 0.15) is 31.2 Å². The predicted octanol–water partition coefficient (Wildman–Crippen LogP) is 2.77. The summed E-state index contributed by atoms with van der Waals surface area (Å²) in [7, 11) is 0. The third-order valence-electron chi connectivity index (χ3n) is 3.42. The second-order valence-corrected chi connectivity index (χ2v) is 5.47. The number of carbonyl (C=O) groups is 1. The lowest BCUT2D eigenvalue weighted by Crippen LogP contribution is -2.40. The first kappa shape index (κ1) is 14.1. The van der Waals surface area contributed by atoms with Gasteiger partial charge in [0.15, 0.2) is 0 Å². The van der Waals surface area contributed by atoms with Crippen molar-refractivity contribution in [2.24, 2.45) is 0 Å². The number of benzene rings is 1. The summed E-state index contributed by atoms with van der Waals surface area (Å²) in [6, 6.07) is 7.24. The summed E-state index contributed by atoms with van der Waals surface area (Å²) in [6.45, 7) is 0.330. The molecule has 1 fully saturated rings. The molecule has 1 amide bonds. The van der Waals surface area contributed by atoms with Crippen molar-refractivity contribution in [1.82, 2.24) is 5.32 Å². The van der Waals surface area contributed by atoms with E-state index in [4.69, 9.17) is 11.6 Å². The second-order valence-electron chi connectivity index (χ2n) is 5.03. The third kappa shape index (κ3) is 4.37. The van der Waals surface area contributed by atoms with E-state index in [1.807, 2.05) is 12.1 Å². The molecule has 4 heteroatoms. The molecule has 1 aliphatic rings. The molecule has 0 unspecified atom stereocenters. The number of carbonyl (C=O) groups excluding carboxylic acids is 1. The van der Waals surface area contributed by atoms with Crippen molar-refractivity contribution in [3.63, 3.8) is 0 Å². The quantitative estimate of drug-likeness (QED) is 0.833. The number of hydrogen-bond donors (Lipinski definition) is 2. The fourth-order valence-electron chi connectivity index (χ4n) is 2.27. The van der Waals surface area contributed by atoms with E-state index >= 15 is 0 Å². The van der Waals surface area contributed by atoms with Crippen LogP contribution in [0.4, 0.5) is 0 Å². The minimum Gasteiger partial charge on any atom is -0.388 e. The highest BCUT2D eigenvalue weighted by atomic mass is 35.5. The van der Waals surface area contributed by atoms with Crippen LogP contribution in [-0.4, -0.2) is 23.2 Å². The van der Waals surface area contributed by atoms with Crippen LogP contribution in [0.5, 0.6) is 0 Å². The highest BCUT2D eigenvalue weighted by molar-refractivity contribution is 6.30. The summed E-state index contributed by atoms with van der Waals surface area (Å²) in [4.78, 5) is 11.6. The van der Waals surface area contributed by atoms with Crippen LogP contribution in [-0.2, 0) is 4.79 Å². The van der Waals surface area contributed by atoms with Crippen molar-refractivity contribution >= 4 is 23.6 Å². The van der Waals surface area contributed by atoms with E-state index in [0.29, 0.717) is 11.6 Å². The van der Waals surface area contributed by atoms with E-state index in [-0.39, 0.29) is 5.91 Å². The molecule has 0 bridgehead atoms. The summed E-state index contributed by atoms with van der Waals surface area (Å²) >= 11 is 5.78. The number of nitrogens with one attached hydrogen (secondary N) is 1. The molecule has 0 aromatic heterocycles. The van der Waals surface area contributed by atoms with Crippen molar-refractivity contribution in [3.8, 4) is 0 Å². The molecule has 0 saturated heterocycles. The molecule has 19 heavy (non-hydrogen) atoms. The summed E-state index contributed by atoms with van der Waals surface area (Å²) in [5, 5.41) is 13.5. The van der Waals surface area contributed by atoms with Crippen LogP contribution >= 0.6 is 11.6 Å². The molecule has 0 aliphatic heterocycles. The molecular formula is C15H18ClNO2. The van der Waals surface area contributed by atoms with Crippen molar-refractivity contribution in [2.45, 2.75) is 31.3 Å². The normalized spacial score (nSPS) is 17.8. The molecule has 0 heterocycles. The Morgan fingerprint density at radius 1 is 1.32 bits per heavy atom. The monoisotopic (exact) mass is 279 g/mol. The zero-order chi connectivity index (χ0) is 13.7. The van der Waals surface area contributed by atoms with E-state index in [1.54, 1.807) is 18.2 Å². The molecule has 2 N–H and O–H groups in total. The van der Waals surface area contributed by atoms with Gasteiger partial charge in [-0.15, -0.1) is 0 Å². The Morgan fingerprint density at radius 3 is 2.58 bits per heavy atom. The molecule has 0 spiro atoms. The maximum Gasteiger partial charge on any atom is 0.244 e. The number of rotatable bonds is 4. The highest BCUT2D eigenvalue weighted by Crippen LogP contribution is 2.28. The lowest BCUT2D eigenvalue weighted by molar-refractivity contribution is -0.117. The van der Waals surface area contributed by atoms with Gasteiger partial charge >= 0.3 is 0 Å². The molecule has 102 valence electrons. The highest BCUT2D eigenvalue weighted by Gasteiger charge is 2.30. The molecular weight excluding hydrogens is 262 g/mol. The average Bonchev–Trinajstić information content (AvgIpc) is 2.83. The smallest absolute Gasteiger partial charge is 0.244 e. The van der Waals surface area contributed by atoms with Crippen LogP contribution in [0.3, 0.4) is 0 Å². The summed E-state index contributed by atoms with van der Waals surface area (Å²) in [6.07, 6.45) is 6.81. The topological polar surface area (TPSA) is 49.3 Å². The summed E-state index contributed by atoms with van der Waals surface area (Å²) < 4.78 is 0. The van der Waals surface area contributed by atoms with Crippen molar-refractivity contribution in [3.05, 3.63) is 40.9 Å². The molecule has 0 radical (unpaired) electrons. The molecule has 1 aromatic carbocycles. The van der Waals surface area contributed by atoms with Crippen molar-refractivity contribution in [2.75, 3.05) is 6.54 Å². The fraction of sp³-hybridized carbons (Fsp3) is 0.400. The van der Waals surface area contributed by atoms with Crippen LogP contribution < -0.4 is 5.32 Å². The van der Waals surface area contributed by atoms with Crippen molar-refractivity contribution < 1.29 is 9.90 Å². The van der Waals surface area contributed by atoms with Gasteiger partial charge in [-0.05, 0) is 36.6 Å². The van der Waals surface area contributed by atoms with E-state index in [9.17, 15) is 9.90 Å². The van der Waals surface area contributed by atoms with E-state index in [1.165, 1.54) is 6.08 Å². The zero-order valence-corrected chi connectivity index (χ0v) is 11.5.